The lowest BCUT2D eigenvalue weighted by molar-refractivity contribution is 0.414. The summed E-state index contributed by atoms with van der Waals surface area (Å²) in [5.41, 5.74) is 3.87. The van der Waals surface area contributed by atoms with Crippen LogP contribution in [0.4, 0.5) is 0 Å². The number of aryl methyl sites for hydroxylation is 3. The minimum absolute atomic E-state index is 0.916. The highest BCUT2D eigenvalue weighted by molar-refractivity contribution is 5.27. The molecule has 1 N–H and O–H groups in total. The van der Waals surface area contributed by atoms with Crippen LogP contribution in [0.25, 0.3) is 0 Å². The molecule has 16 heavy (non-hydrogen) atoms. The van der Waals surface area contributed by atoms with Crippen LogP contribution in [0.1, 0.15) is 17.0 Å². The third-order valence-electron chi connectivity index (χ3n) is 2.73. The number of hydrogen-bond donors (Lipinski definition) is 1. The van der Waals surface area contributed by atoms with Gasteiger partial charge in [-0.1, -0.05) is 12.1 Å². The van der Waals surface area contributed by atoms with E-state index < -0.39 is 0 Å². The first-order valence-electron chi connectivity index (χ1n) is 5.55. The molecule has 0 aliphatic heterocycles. The summed E-state index contributed by atoms with van der Waals surface area (Å²) in [5.74, 6) is 0.916. The molecule has 0 saturated heterocycles. The largest absolute Gasteiger partial charge is 0.497 e. The van der Waals surface area contributed by atoms with Gasteiger partial charge >= 0.3 is 0 Å². The van der Waals surface area contributed by atoms with Crippen LogP contribution in [-0.2, 0) is 12.8 Å². The third kappa shape index (κ3) is 2.66. The molecule has 2 rings (SSSR count). The maximum Gasteiger partial charge on any atom is 0.118 e. The molecule has 1 heterocycles. The molecule has 1 aromatic heterocycles. The summed E-state index contributed by atoms with van der Waals surface area (Å²) in [6, 6.07) is 12.5. The summed E-state index contributed by atoms with van der Waals surface area (Å²) >= 11 is 0. The molecular weight excluding hydrogens is 198 g/mol. The standard InChI is InChI=1S/C14H17NO/c1-11-3-7-13(15-11)8-4-12-5-9-14(16-2)10-6-12/h3,5-7,9-10,15H,4,8H2,1-2H3. The molecule has 0 atom stereocenters. The summed E-state index contributed by atoms with van der Waals surface area (Å²) in [4.78, 5) is 3.34. The monoisotopic (exact) mass is 215 g/mol. The lowest BCUT2D eigenvalue weighted by atomic mass is 10.1. The number of rotatable bonds is 4. The van der Waals surface area contributed by atoms with Crippen molar-refractivity contribution in [2.75, 3.05) is 7.11 Å². The number of aromatic amines is 1. The average Bonchev–Trinajstić information content (AvgIpc) is 2.73. The Hall–Kier alpha value is -1.70. The van der Waals surface area contributed by atoms with Crippen molar-refractivity contribution >= 4 is 0 Å². The molecule has 0 saturated carbocycles. The SMILES string of the molecule is COc1ccc(CCc2ccc(C)[nH]2)cc1. The molecule has 2 nitrogen and oxygen atoms in total. The molecule has 0 amide bonds. The van der Waals surface area contributed by atoms with E-state index in [4.69, 9.17) is 4.74 Å². The van der Waals surface area contributed by atoms with Gasteiger partial charge in [0, 0.05) is 11.4 Å². The summed E-state index contributed by atoms with van der Waals surface area (Å²) in [6.07, 6.45) is 2.12. The molecular formula is C14H17NO. The smallest absolute Gasteiger partial charge is 0.118 e. The number of aromatic nitrogens is 1. The zero-order valence-electron chi connectivity index (χ0n) is 9.79. The van der Waals surface area contributed by atoms with Crippen LogP contribution >= 0.6 is 0 Å². The topological polar surface area (TPSA) is 25.0 Å². The number of methoxy groups -OCH3 is 1. The fourth-order valence-electron chi connectivity index (χ4n) is 1.78. The molecule has 84 valence electrons. The van der Waals surface area contributed by atoms with Crippen LogP contribution in [0.3, 0.4) is 0 Å². The zero-order chi connectivity index (χ0) is 11.4. The molecule has 0 bridgehead atoms. The van der Waals surface area contributed by atoms with Crippen LogP contribution in [0, 0.1) is 6.92 Å². The van der Waals surface area contributed by atoms with E-state index >= 15 is 0 Å². The van der Waals surface area contributed by atoms with E-state index in [9.17, 15) is 0 Å². The van der Waals surface area contributed by atoms with Gasteiger partial charge in [0.05, 0.1) is 7.11 Å². The third-order valence-corrected chi connectivity index (χ3v) is 2.73. The van der Waals surface area contributed by atoms with E-state index in [1.54, 1.807) is 7.11 Å². The van der Waals surface area contributed by atoms with Crippen LogP contribution in [-0.4, -0.2) is 12.1 Å². The molecule has 0 fully saturated rings. The van der Waals surface area contributed by atoms with Crippen molar-refractivity contribution in [1.82, 2.24) is 4.98 Å². The predicted octanol–water partition coefficient (Wildman–Crippen LogP) is 3.12. The van der Waals surface area contributed by atoms with E-state index in [0.717, 1.165) is 18.6 Å². The summed E-state index contributed by atoms with van der Waals surface area (Å²) in [5, 5.41) is 0. The predicted molar refractivity (Wildman–Crippen MR) is 65.9 cm³/mol. The van der Waals surface area contributed by atoms with Gasteiger partial charge < -0.3 is 9.72 Å². The van der Waals surface area contributed by atoms with Gasteiger partial charge in [0.2, 0.25) is 0 Å². The highest BCUT2D eigenvalue weighted by Gasteiger charge is 1.98. The van der Waals surface area contributed by atoms with E-state index in [-0.39, 0.29) is 0 Å². The average molecular weight is 215 g/mol. The van der Waals surface area contributed by atoms with Crippen molar-refractivity contribution in [3.05, 3.63) is 53.3 Å². The number of ether oxygens (including phenoxy) is 1. The first-order valence-corrected chi connectivity index (χ1v) is 5.55. The molecule has 0 spiro atoms. The van der Waals surface area contributed by atoms with E-state index in [0.29, 0.717) is 0 Å². The van der Waals surface area contributed by atoms with Gasteiger partial charge in [0.1, 0.15) is 5.75 Å². The fourth-order valence-corrected chi connectivity index (χ4v) is 1.78. The van der Waals surface area contributed by atoms with Gasteiger partial charge in [-0.3, -0.25) is 0 Å². The van der Waals surface area contributed by atoms with Crippen LogP contribution < -0.4 is 4.74 Å². The van der Waals surface area contributed by atoms with Gasteiger partial charge in [0.25, 0.3) is 0 Å². The van der Waals surface area contributed by atoms with E-state index in [1.807, 2.05) is 12.1 Å². The number of benzene rings is 1. The Morgan fingerprint density at radius 1 is 1.00 bits per heavy atom. The molecule has 0 aliphatic rings. The van der Waals surface area contributed by atoms with Crippen molar-refractivity contribution in [2.45, 2.75) is 19.8 Å². The molecule has 0 radical (unpaired) electrons. The first-order chi connectivity index (χ1) is 7.78. The second kappa shape index (κ2) is 4.88. The summed E-state index contributed by atoms with van der Waals surface area (Å²) < 4.78 is 5.13. The Morgan fingerprint density at radius 3 is 2.31 bits per heavy atom. The minimum atomic E-state index is 0.916. The van der Waals surface area contributed by atoms with Crippen molar-refractivity contribution in [3.63, 3.8) is 0 Å². The quantitative estimate of drug-likeness (QED) is 0.832. The Balaban J connectivity index is 1.94. The molecule has 0 aliphatic carbocycles. The zero-order valence-corrected chi connectivity index (χ0v) is 9.79. The highest BCUT2D eigenvalue weighted by atomic mass is 16.5. The summed E-state index contributed by atoms with van der Waals surface area (Å²) in [7, 11) is 1.69. The molecule has 1 aromatic carbocycles. The van der Waals surface area contributed by atoms with Gasteiger partial charge in [-0.2, -0.15) is 0 Å². The first kappa shape index (κ1) is 10.8. The Bertz CT molecular complexity index is 442. The van der Waals surface area contributed by atoms with E-state index in [1.165, 1.54) is 17.0 Å². The molecule has 0 unspecified atom stereocenters. The number of H-pyrrole nitrogens is 1. The van der Waals surface area contributed by atoms with Crippen LogP contribution in [0.5, 0.6) is 5.75 Å². The van der Waals surface area contributed by atoms with Gasteiger partial charge in [-0.15, -0.1) is 0 Å². The van der Waals surface area contributed by atoms with Crippen LogP contribution in [0.15, 0.2) is 36.4 Å². The van der Waals surface area contributed by atoms with Crippen molar-refractivity contribution in [3.8, 4) is 5.75 Å². The number of nitrogens with one attached hydrogen (secondary N) is 1. The highest BCUT2D eigenvalue weighted by Crippen LogP contribution is 2.13. The normalized spacial score (nSPS) is 10.4. The maximum absolute atomic E-state index is 5.13. The number of hydrogen-bond acceptors (Lipinski definition) is 1. The second-order valence-corrected chi connectivity index (χ2v) is 4.01. The Labute approximate surface area is 96.3 Å². The van der Waals surface area contributed by atoms with Gasteiger partial charge in [-0.25, -0.2) is 0 Å². The fraction of sp³-hybridized carbons (Fsp3) is 0.286. The van der Waals surface area contributed by atoms with Crippen molar-refractivity contribution in [1.29, 1.82) is 0 Å². The van der Waals surface area contributed by atoms with Gasteiger partial charge in [-0.05, 0) is 49.6 Å². The maximum atomic E-state index is 5.13. The Kier molecular flexibility index (Phi) is 3.30. The van der Waals surface area contributed by atoms with Crippen molar-refractivity contribution in [2.24, 2.45) is 0 Å². The molecule has 2 heteroatoms. The minimum Gasteiger partial charge on any atom is -0.497 e. The van der Waals surface area contributed by atoms with Crippen LogP contribution in [0.2, 0.25) is 0 Å². The lowest BCUT2D eigenvalue weighted by Crippen LogP contribution is -1.92. The lowest BCUT2D eigenvalue weighted by Gasteiger charge is -2.02. The summed E-state index contributed by atoms with van der Waals surface area (Å²) in [6.45, 7) is 2.08. The molecule has 2 aromatic rings. The van der Waals surface area contributed by atoms with Gasteiger partial charge in [0.15, 0.2) is 0 Å². The van der Waals surface area contributed by atoms with E-state index in [2.05, 4.69) is 36.2 Å². The second-order valence-electron chi connectivity index (χ2n) is 4.01. The Morgan fingerprint density at radius 2 is 1.75 bits per heavy atom. The van der Waals surface area contributed by atoms with Crippen molar-refractivity contribution < 1.29 is 4.74 Å².